The molecule has 15 heavy (non-hydrogen) atoms. The van der Waals surface area contributed by atoms with Crippen LogP contribution in [-0.2, 0) is 4.79 Å². The van der Waals surface area contributed by atoms with Gasteiger partial charge in [0.25, 0.3) is 0 Å². The van der Waals surface area contributed by atoms with Crippen molar-refractivity contribution in [3.8, 4) is 5.75 Å². The first-order chi connectivity index (χ1) is 7.11. The lowest BCUT2D eigenvalue weighted by Crippen LogP contribution is -2.05. The Morgan fingerprint density at radius 3 is 2.73 bits per heavy atom. The highest BCUT2D eigenvalue weighted by Crippen LogP contribution is 2.23. The van der Waals surface area contributed by atoms with E-state index in [1.807, 2.05) is 24.3 Å². The van der Waals surface area contributed by atoms with Crippen molar-refractivity contribution < 1.29 is 14.6 Å². The van der Waals surface area contributed by atoms with Gasteiger partial charge in [0.2, 0.25) is 0 Å². The van der Waals surface area contributed by atoms with E-state index < -0.39 is 5.97 Å². The number of aliphatic carboxylic acids is 1. The summed E-state index contributed by atoms with van der Waals surface area (Å²) in [7, 11) is 0. The van der Waals surface area contributed by atoms with Crippen molar-refractivity contribution in [2.45, 2.75) is 6.42 Å². The molecule has 1 N–H and O–H groups in total. The molecule has 0 saturated carbocycles. The molecule has 1 aromatic carbocycles. The van der Waals surface area contributed by atoms with Gasteiger partial charge in [0.15, 0.2) is 0 Å². The minimum absolute atomic E-state index is 0.155. The first-order valence-corrected chi connectivity index (χ1v) is 5.19. The van der Waals surface area contributed by atoms with E-state index in [1.165, 1.54) is 0 Å². The van der Waals surface area contributed by atoms with E-state index >= 15 is 0 Å². The molecule has 0 heterocycles. The van der Waals surface area contributed by atoms with Gasteiger partial charge in [0, 0.05) is 12.0 Å². The lowest BCUT2D eigenvalue weighted by atomic mass is 10.2. The minimum Gasteiger partial charge on any atom is -0.492 e. The molecule has 0 fully saturated rings. The highest BCUT2D eigenvalue weighted by Gasteiger charge is 2.04. The number of hydrogen-bond donors (Lipinski definition) is 1. The molecule has 0 spiro atoms. The molecule has 0 aliphatic carbocycles. The fourth-order valence-electron chi connectivity index (χ4n) is 0.953. The average Bonchev–Trinajstić information content (AvgIpc) is 2.20. The van der Waals surface area contributed by atoms with Crippen molar-refractivity contribution >= 4 is 21.9 Å². The Morgan fingerprint density at radius 2 is 2.13 bits per heavy atom. The van der Waals surface area contributed by atoms with Gasteiger partial charge in [0.1, 0.15) is 5.75 Å². The predicted molar refractivity (Wildman–Crippen MR) is 61.0 cm³/mol. The summed E-state index contributed by atoms with van der Waals surface area (Å²) in [6.07, 6.45) is 0.316. The van der Waals surface area contributed by atoms with Gasteiger partial charge >= 0.3 is 5.97 Å². The number of para-hydroxylation sites is 1. The second kappa shape index (κ2) is 5.56. The molecule has 0 aromatic heterocycles. The van der Waals surface area contributed by atoms with Gasteiger partial charge < -0.3 is 9.84 Å². The van der Waals surface area contributed by atoms with E-state index in [9.17, 15) is 4.79 Å². The van der Waals surface area contributed by atoms with Crippen LogP contribution in [0.4, 0.5) is 0 Å². The van der Waals surface area contributed by atoms with Crippen LogP contribution in [-0.4, -0.2) is 17.7 Å². The van der Waals surface area contributed by atoms with Gasteiger partial charge in [0.05, 0.1) is 11.1 Å². The van der Waals surface area contributed by atoms with Crippen molar-refractivity contribution in [2.75, 3.05) is 6.61 Å². The normalized spacial score (nSPS) is 9.67. The Morgan fingerprint density at radius 1 is 1.47 bits per heavy atom. The van der Waals surface area contributed by atoms with Crippen molar-refractivity contribution in [3.05, 3.63) is 40.9 Å². The smallest absolute Gasteiger partial charge is 0.331 e. The Balaban J connectivity index is 2.42. The molecule has 0 atom stereocenters. The molecule has 0 unspecified atom stereocenters. The van der Waals surface area contributed by atoms with Crippen molar-refractivity contribution in [3.63, 3.8) is 0 Å². The molecule has 0 amide bonds. The molecule has 0 radical (unpaired) electrons. The zero-order valence-electron chi connectivity index (χ0n) is 8.07. The van der Waals surface area contributed by atoms with Gasteiger partial charge in [-0.05, 0) is 28.1 Å². The largest absolute Gasteiger partial charge is 0.492 e. The SMILES string of the molecule is C=C(CCOc1ccccc1Br)C(=O)O. The minimum atomic E-state index is -0.981. The Hall–Kier alpha value is -1.29. The maximum Gasteiger partial charge on any atom is 0.331 e. The standard InChI is InChI=1S/C11H11BrO3/c1-8(11(13)14)6-7-15-10-5-3-2-4-9(10)12/h2-5H,1,6-7H2,(H,13,14). The number of rotatable bonds is 5. The Kier molecular flexibility index (Phi) is 4.37. The third-order valence-electron chi connectivity index (χ3n) is 1.80. The van der Waals surface area contributed by atoms with E-state index in [0.717, 1.165) is 4.47 Å². The highest BCUT2D eigenvalue weighted by molar-refractivity contribution is 9.10. The number of benzene rings is 1. The molecule has 0 aliphatic heterocycles. The van der Waals surface area contributed by atoms with Gasteiger partial charge in [-0.2, -0.15) is 0 Å². The molecule has 3 nitrogen and oxygen atoms in total. The number of hydrogen-bond acceptors (Lipinski definition) is 2. The molecule has 80 valence electrons. The van der Waals surface area contributed by atoms with Gasteiger partial charge in [-0.3, -0.25) is 0 Å². The zero-order chi connectivity index (χ0) is 11.3. The van der Waals surface area contributed by atoms with Crippen LogP contribution >= 0.6 is 15.9 Å². The maximum atomic E-state index is 10.4. The number of carboxylic acid groups (broad SMARTS) is 1. The molecule has 0 bridgehead atoms. The lowest BCUT2D eigenvalue weighted by molar-refractivity contribution is -0.132. The van der Waals surface area contributed by atoms with Crippen molar-refractivity contribution in [1.82, 2.24) is 0 Å². The van der Waals surface area contributed by atoms with Gasteiger partial charge in [-0.1, -0.05) is 18.7 Å². The van der Waals surface area contributed by atoms with E-state index in [0.29, 0.717) is 18.8 Å². The Labute approximate surface area is 96.5 Å². The van der Waals surface area contributed by atoms with Crippen LogP contribution in [0.25, 0.3) is 0 Å². The van der Waals surface area contributed by atoms with Crippen LogP contribution in [0.5, 0.6) is 5.75 Å². The molecule has 4 heteroatoms. The summed E-state index contributed by atoms with van der Waals surface area (Å²) >= 11 is 3.33. The van der Waals surface area contributed by atoms with E-state index in [-0.39, 0.29) is 5.57 Å². The second-order valence-corrected chi connectivity index (χ2v) is 3.79. The highest BCUT2D eigenvalue weighted by atomic mass is 79.9. The first kappa shape index (κ1) is 11.8. The quantitative estimate of drug-likeness (QED) is 0.837. The number of carboxylic acids is 1. The van der Waals surface area contributed by atoms with Crippen LogP contribution in [0.15, 0.2) is 40.9 Å². The van der Waals surface area contributed by atoms with E-state index in [1.54, 1.807) is 0 Å². The third-order valence-corrected chi connectivity index (χ3v) is 2.46. The molecule has 1 aromatic rings. The molecule has 0 saturated heterocycles. The maximum absolute atomic E-state index is 10.4. The monoisotopic (exact) mass is 270 g/mol. The van der Waals surface area contributed by atoms with Crippen molar-refractivity contribution in [1.29, 1.82) is 0 Å². The van der Waals surface area contributed by atoms with Crippen LogP contribution < -0.4 is 4.74 Å². The number of halogens is 1. The van der Waals surface area contributed by atoms with E-state index in [2.05, 4.69) is 22.5 Å². The number of ether oxygens (including phenoxy) is 1. The fraction of sp³-hybridized carbons (Fsp3) is 0.182. The summed E-state index contributed by atoms with van der Waals surface area (Å²) in [6.45, 7) is 3.73. The Bertz CT molecular complexity index is 374. The fourth-order valence-corrected chi connectivity index (χ4v) is 1.35. The van der Waals surface area contributed by atoms with Crippen LogP contribution in [0.3, 0.4) is 0 Å². The molecular weight excluding hydrogens is 260 g/mol. The summed E-state index contributed by atoms with van der Waals surface area (Å²) in [5.74, 6) is -0.276. The first-order valence-electron chi connectivity index (χ1n) is 4.39. The third kappa shape index (κ3) is 3.75. The summed E-state index contributed by atoms with van der Waals surface area (Å²) in [6, 6.07) is 7.41. The second-order valence-electron chi connectivity index (χ2n) is 2.94. The number of carbonyl (C=O) groups is 1. The van der Waals surface area contributed by atoms with Gasteiger partial charge in [-0.15, -0.1) is 0 Å². The lowest BCUT2D eigenvalue weighted by Gasteiger charge is -2.07. The summed E-state index contributed by atoms with van der Waals surface area (Å²) in [4.78, 5) is 10.4. The summed E-state index contributed by atoms with van der Waals surface area (Å²) in [5.41, 5.74) is 0.155. The molecular formula is C11H11BrO3. The summed E-state index contributed by atoms with van der Waals surface area (Å²) < 4.78 is 6.24. The molecule has 1 rings (SSSR count). The topological polar surface area (TPSA) is 46.5 Å². The zero-order valence-corrected chi connectivity index (χ0v) is 9.66. The van der Waals surface area contributed by atoms with Crippen LogP contribution in [0.2, 0.25) is 0 Å². The average molecular weight is 271 g/mol. The van der Waals surface area contributed by atoms with Gasteiger partial charge in [-0.25, -0.2) is 4.79 Å². The van der Waals surface area contributed by atoms with Crippen LogP contribution in [0.1, 0.15) is 6.42 Å². The summed E-state index contributed by atoms with van der Waals surface area (Å²) in [5, 5.41) is 8.57. The van der Waals surface area contributed by atoms with Crippen molar-refractivity contribution in [2.24, 2.45) is 0 Å². The molecule has 0 aliphatic rings. The van der Waals surface area contributed by atoms with Crippen LogP contribution in [0, 0.1) is 0 Å². The predicted octanol–water partition coefficient (Wildman–Crippen LogP) is 2.86. The van der Waals surface area contributed by atoms with E-state index in [4.69, 9.17) is 9.84 Å².